The molecule has 0 aliphatic rings. The second-order valence-electron chi connectivity index (χ2n) is 6.37. The summed E-state index contributed by atoms with van der Waals surface area (Å²) in [6, 6.07) is 13.5. The summed E-state index contributed by atoms with van der Waals surface area (Å²) in [5.74, 6) is -2.08. The minimum absolute atomic E-state index is 0.183. The summed E-state index contributed by atoms with van der Waals surface area (Å²) in [4.78, 5) is 36.3. The second kappa shape index (κ2) is 8.46. The zero-order chi connectivity index (χ0) is 20.0. The number of carbonyl (C=O) groups excluding carboxylic acids is 2. The van der Waals surface area contributed by atoms with E-state index in [4.69, 9.17) is 4.74 Å². The first kappa shape index (κ1) is 20.1. The van der Waals surface area contributed by atoms with Gasteiger partial charge in [-0.25, -0.2) is 4.79 Å². The van der Waals surface area contributed by atoms with Gasteiger partial charge in [0.1, 0.15) is 0 Å². The Hall–Kier alpha value is -3.19. The molecular formula is C20H22N2O5. The number of benzene rings is 2. The van der Waals surface area contributed by atoms with Crippen LogP contribution in [0.25, 0.3) is 0 Å². The Bertz CT molecular complexity index is 851. The van der Waals surface area contributed by atoms with Gasteiger partial charge in [0.25, 0.3) is 11.8 Å². The van der Waals surface area contributed by atoms with Crippen molar-refractivity contribution in [3.8, 4) is 0 Å². The first-order valence-electron chi connectivity index (χ1n) is 8.29. The average molecular weight is 370 g/mol. The smallest absolute Gasteiger partial charge is 0.331 e. The first-order valence-corrected chi connectivity index (χ1v) is 8.29. The second-order valence-corrected chi connectivity index (χ2v) is 6.37. The van der Waals surface area contributed by atoms with Crippen LogP contribution in [-0.2, 0) is 9.53 Å². The highest BCUT2D eigenvalue weighted by atomic mass is 16.5. The third-order valence-electron chi connectivity index (χ3n) is 4.08. The predicted molar refractivity (Wildman–Crippen MR) is 101 cm³/mol. The van der Waals surface area contributed by atoms with Crippen LogP contribution >= 0.6 is 0 Å². The maximum Gasteiger partial charge on any atom is 0.331 e. The highest BCUT2D eigenvalue weighted by molar-refractivity contribution is 6.05. The van der Waals surface area contributed by atoms with Crippen molar-refractivity contribution < 1.29 is 24.2 Å². The number of hydrogen-bond acceptors (Lipinski definition) is 4. The number of rotatable bonds is 7. The fourth-order valence-electron chi connectivity index (χ4n) is 2.44. The van der Waals surface area contributed by atoms with Crippen molar-refractivity contribution in [3.05, 3.63) is 65.2 Å². The summed E-state index contributed by atoms with van der Waals surface area (Å²) in [5, 5.41) is 14.6. The molecule has 0 aliphatic heterocycles. The molecule has 1 atom stereocenters. The van der Waals surface area contributed by atoms with Crippen LogP contribution in [0.3, 0.4) is 0 Å². The van der Waals surface area contributed by atoms with Gasteiger partial charge in [-0.1, -0.05) is 24.3 Å². The summed E-state index contributed by atoms with van der Waals surface area (Å²) in [6.45, 7) is 2.98. The lowest BCUT2D eigenvalue weighted by molar-refractivity contribution is -0.145. The van der Waals surface area contributed by atoms with Crippen LogP contribution in [-0.4, -0.2) is 42.1 Å². The van der Waals surface area contributed by atoms with Crippen LogP contribution in [0.2, 0.25) is 0 Å². The van der Waals surface area contributed by atoms with Gasteiger partial charge in [0, 0.05) is 23.9 Å². The number of nitrogens with one attached hydrogen (secondary N) is 2. The summed E-state index contributed by atoms with van der Waals surface area (Å²) >= 11 is 0. The summed E-state index contributed by atoms with van der Waals surface area (Å²) in [5.41, 5.74) is 0.399. The van der Waals surface area contributed by atoms with Crippen molar-refractivity contribution in [1.29, 1.82) is 0 Å². The molecule has 0 bridgehead atoms. The fraction of sp³-hybridized carbons (Fsp3) is 0.250. The van der Waals surface area contributed by atoms with Gasteiger partial charge in [0.05, 0.1) is 6.61 Å². The van der Waals surface area contributed by atoms with Crippen molar-refractivity contribution >= 4 is 23.5 Å². The molecule has 1 unspecified atom stereocenters. The highest BCUT2D eigenvalue weighted by Crippen LogP contribution is 2.19. The van der Waals surface area contributed by atoms with Gasteiger partial charge in [-0.3, -0.25) is 9.59 Å². The van der Waals surface area contributed by atoms with Crippen LogP contribution < -0.4 is 10.6 Å². The van der Waals surface area contributed by atoms with E-state index in [-0.39, 0.29) is 18.1 Å². The Balaban J connectivity index is 2.22. The van der Waals surface area contributed by atoms with Crippen molar-refractivity contribution in [2.75, 3.05) is 19.0 Å². The van der Waals surface area contributed by atoms with E-state index in [9.17, 15) is 19.5 Å². The molecule has 2 rings (SSSR count). The van der Waals surface area contributed by atoms with Crippen molar-refractivity contribution in [2.24, 2.45) is 0 Å². The van der Waals surface area contributed by atoms with Gasteiger partial charge in [0.2, 0.25) is 0 Å². The van der Waals surface area contributed by atoms with Gasteiger partial charge >= 0.3 is 5.97 Å². The molecule has 0 heterocycles. The third kappa shape index (κ3) is 4.92. The molecule has 0 radical (unpaired) electrons. The molecule has 0 spiro atoms. The lowest BCUT2D eigenvalue weighted by Crippen LogP contribution is -2.55. The first-order chi connectivity index (χ1) is 12.8. The average Bonchev–Trinajstić information content (AvgIpc) is 2.64. The zero-order valence-electron chi connectivity index (χ0n) is 15.4. The Morgan fingerprint density at radius 1 is 1.04 bits per heavy atom. The lowest BCUT2D eigenvalue weighted by atomic mass is 10.0. The normalized spacial score (nSPS) is 12.7. The van der Waals surface area contributed by atoms with E-state index in [0.29, 0.717) is 11.3 Å². The van der Waals surface area contributed by atoms with Gasteiger partial charge < -0.3 is 20.5 Å². The van der Waals surface area contributed by atoms with Gasteiger partial charge in [-0.15, -0.1) is 0 Å². The van der Waals surface area contributed by atoms with Crippen LogP contribution in [0.15, 0.2) is 48.5 Å². The monoisotopic (exact) mass is 370 g/mol. The molecule has 2 aromatic rings. The molecule has 0 fully saturated rings. The predicted octanol–water partition coefficient (Wildman–Crippen LogP) is 2.47. The lowest BCUT2D eigenvalue weighted by Gasteiger charge is -2.25. The number of methoxy groups -OCH3 is 1. The van der Waals surface area contributed by atoms with Gasteiger partial charge in [0.15, 0.2) is 5.54 Å². The van der Waals surface area contributed by atoms with E-state index < -0.39 is 17.4 Å². The van der Waals surface area contributed by atoms with Crippen LogP contribution in [0.5, 0.6) is 0 Å². The maximum atomic E-state index is 12.5. The van der Waals surface area contributed by atoms with E-state index in [1.165, 1.54) is 20.1 Å². The molecule has 2 amide bonds. The molecule has 0 aliphatic carbocycles. The van der Waals surface area contributed by atoms with Crippen molar-refractivity contribution in [1.82, 2.24) is 5.32 Å². The number of aryl methyl sites for hydroxylation is 1. The fourth-order valence-corrected chi connectivity index (χ4v) is 2.44. The highest BCUT2D eigenvalue weighted by Gasteiger charge is 2.35. The number of carboxylic acid groups (broad SMARTS) is 1. The molecule has 27 heavy (non-hydrogen) atoms. The minimum atomic E-state index is -1.57. The molecule has 0 saturated heterocycles. The van der Waals surface area contributed by atoms with Gasteiger partial charge in [-0.2, -0.15) is 0 Å². The minimum Gasteiger partial charge on any atom is -0.479 e. The maximum absolute atomic E-state index is 12.5. The third-order valence-corrected chi connectivity index (χ3v) is 4.08. The van der Waals surface area contributed by atoms with E-state index in [0.717, 1.165) is 5.56 Å². The Morgan fingerprint density at radius 3 is 2.30 bits per heavy atom. The number of amides is 2. The molecule has 3 N–H and O–H groups in total. The number of hydrogen-bond donors (Lipinski definition) is 3. The van der Waals surface area contributed by atoms with Crippen LogP contribution in [0.1, 0.15) is 33.2 Å². The number of anilines is 1. The standard InChI is InChI=1S/C20H22N2O5/c1-13-9-10-15(18(24)22-20(2,12-27-3)19(25)26)11-16(13)21-17(23)14-7-5-4-6-8-14/h4-11H,12H2,1-3H3,(H,21,23)(H,22,24)(H,25,26). The van der Waals surface area contributed by atoms with Crippen molar-refractivity contribution in [3.63, 3.8) is 0 Å². The Kier molecular flexibility index (Phi) is 6.31. The molecular weight excluding hydrogens is 348 g/mol. The molecule has 2 aromatic carbocycles. The molecule has 142 valence electrons. The number of aliphatic carboxylic acids is 1. The molecule has 7 nitrogen and oxygen atoms in total. The van der Waals surface area contributed by atoms with Crippen LogP contribution in [0, 0.1) is 6.92 Å². The zero-order valence-corrected chi connectivity index (χ0v) is 15.4. The van der Waals surface area contributed by atoms with Crippen LogP contribution in [0.4, 0.5) is 5.69 Å². The number of ether oxygens (including phenoxy) is 1. The van der Waals surface area contributed by atoms with E-state index in [2.05, 4.69) is 10.6 Å². The number of carbonyl (C=O) groups is 3. The molecule has 0 saturated carbocycles. The number of carboxylic acids is 1. The molecule has 7 heteroatoms. The molecule has 0 aromatic heterocycles. The Morgan fingerprint density at radius 2 is 1.70 bits per heavy atom. The largest absolute Gasteiger partial charge is 0.479 e. The van der Waals surface area contributed by atoms with Crippen molar-refractivity contribution in [2.45, 2.75) is 19.4 Å². The Labute approximate surface area is 157 Å². The van der Waals surface area contributed by atoms with E-state index >= 15 is 0 Å². The topological polar surface area (TPSA) is 105 Å². The quantitative estimate of drug-likeness (QED) is 0.694. The van der Waals surface area contributed by atoms with Gasteiger partial charge in [-0.05, 0) is 43.7 Å². The SMILES string of the molecule is COCC(C)(NC(=O)c1ccc(C)c(NC(=O)c2ccccc2)c1)C(=O)O. The summed E-state index contributed by atoms with van der Waals surface area (Å²) < 4.78 is 4.90. The van der Waals surface area contributed by atoms with E-state index in [1.807, 2.05) is 6.07 Å². The van der Waals surface area contributed by atoms with E-state index in [1.54, 1.807) is 43.3 Å². The summed E-state index contributed by atoms with van der Waals surface area (Å²) in [6.07, 6.45) is 0. The summed E-state index contributed by atoms with van der Waals surface area (Å²) in [7, 11) is 1.36.